The van der Waals surface area contributed by atoms with Crippen molar-refractivity contribution in [2.75, 3.05) is 6.54 Å². The zero-order valence-electron chi connectivity index (χ0n) is 12.3. The number of amides is 2. The zero-order valence-corrected chi connectivity index (χ0v) is 12.3. The standard InChI is InChI=1S/C14H12F3N3O4/c1-7(19-6-12(14(15,16)17)18-13(19)21)10-4-8-2-3-9(20(22)23)5-11(8)24-10/h2-5,7,12H,6H2,1H3,(H,18,21)/t7?,12-/m0/s1. The Bertz CT molecular complexity index is 817. The molecule has 2 atom stereocenters. The summed E-state index contributed by atoms with van der Waals surface area (Å²) in [4.78, 5) is 23.0. The van der Waals surface area contributed by atoms with Gasteiger partial charge in [0.1, 0.15) is 17.4 Å². The highest BCUT2D eigenvalue weighted by atomic mass is 19.4. The fourth-order valence-electron chi connectivity index (χ4n) is 2.59. The second-order valence-electron chi connectivity index (χ2n) is 5.50. The number of fused-ring (bicyclic) bond motifs is 1. The number of carbonyl (C=O) groups excluding carboxylic acids is 1. The molecule has 2 amide bonds. The van der Waals surface area contributed by atoms with E-state index in [0.717, 1.165) is 4.90 Å². The van der Waals surface area contributed by atoms with Gasteiger partial charge < -0.3 is 14.6 Å². The Morgan fingerprint density at radius 1 is 1.42 bits per heavy atom. The molecule has 1 aliphatic rings. The van der Waals surface area contributed by atoms with Gasteiger partial charge in [-0.1, -0.05) is 0 Å². The van der Waals surface area contributed by atoms with Crippen LogP contribution < -0.4 is 5.32 Å². The summed E-state index contributed by atoms with van der Waals surface area (Å²) in [6, 6.07) is 2.05. The highest BCUT2D eigenvalue weighted by Crippen LogP contribution is 2.33. The van der Waals surface area contributed by atoms with Gasteiger partial charge in [0.05, 0.1) is 23.6 Å². The molecule has 0 aliphatic carbocycles. The molecule has 1 N–H and O–H groups in total. The average Bonchev–Trinajstić information content (AvgIpc) is 3.08. The van der Waals surface area contributed by atoms with Crippen molar-refractivity contribution < 1.29 is 27.3 Å². The first-order chi connectivity index (χ1) is 11.2. The lowest BCUT2D eigenvalue weighted by atomic mass is 10.2. The highest BCUT2D eigenvalue weighted by molar-refractivity contribution is 5.81. The Morgan fingerprint density at radius 3 is 2.71 bits per heavy atom. The summed E-state index contributed by atoms with van der Waals surface area (Å²) in [5, 5.41) is 13.2. The van der Waals surface area contributed by atoms with Crippen LogP contribution in [0.3, 0.4) is 0 Å². The van der Waals surface area contributed by atoms with E-state index < -0.39 is 35.8 Å². The molecule has 1 unspecified atom stereocenters. The van der Waals surface area contributed by atoms with Crippen LogP contribution in [0.4, 0.5) is 23.7 Å². The number of alkyl halides is 3. The van der Waals surface area contributed by atoms with Gasteiger partial charge in [0.25, 0.3) is 5.69 Å². The zero-order chi connectivity index (χ0) is 17.6. The molecule has 1 aromatic heterocycles. The topological polar surface area (TPSA) is 88.6 Å². The van der Waals surface area contributed by atoms with Crippen molar-refractivity contribution in [3.63, 3.8) is 0 Å². The first kappa shape index (κ1) is 16.1. The number of rotatable bonds is 3. The Morgan fingerprint density at radius 2 is 2.12 bits per heavy atom. The number of hydrogen-bond acceptors (Lipinski definition) is 4. The first-order valence-corrected chi connectivity index (χ1v) is 6.98. The highest BCUT2D eigenvalue weighted by Gasteiger charge is 2.48. The number of nitro benzene ring substituents is 1. The molecule has 0 radical (unpaired) electrons. The number of non-ortho nitro benzene ring substituents is 1. The van der Waals surface area contributed by atoms with Crippen LogP contribution in [-0.4, -0.2) is 34.6 Å². The molecule has 128 valence electrons. The van der Waals surface area contributed by atoms with Crippen molar-refractivity contribution in [1.29, 1.82) is 0 Å². The number of nitrogens with one attached hydrogen (secondary N) is 1. The van der Waals surface area contributed by atoms with E-state index >= 15 is 0 Å². The molecule has 1 aromatic carbocycles. The molecular formula is C14H12F3N3O4. The summed E-state index contributed by atoms with van der Waals surface area (Å²) in [6.07, 6.45) is -4.53. The van der Waals surface area contributed by atoms with Crippen molar-refractivity contribution in [1.82, 2.24) is 10.2 Å². The van der Waals surface area contributed by atoms with Crippen LogP contribution in [0.25, 0.3) is 11.0 Å². The third kappa shape index (κ3) is 2.74. The van der Waals surface area contributed by atoms with Gasteiger partial charge >= 0.3 is 12.2 Å². The van der Waals surface area contributed by atoms with Crippen LogP contribution in [0.2, 0.25) is 0 Å². The minimum absolute atomic E-state index is 0.160. The fraction of sp³-hybridized carbons (Fsp3) is 0.357. The maximum absolute atomic E-state index is 12.7. The average molecular weight is 343 g/mol. The predicted octanol–water partition coefficient (Wildman–Crippen LogP) is 3.36. The second kappa shape index (κ2) is 5.39. The van der Waals surface area contributed by atoms with Crippen LogP contribution in [0, 0.1) is 10.1 Å². The van der Waals surface area contributed by atoms with Gasteiger partial charge in [-0.3, -0.25) is 10.1 Å². The lowest BCUT2D eigenvalue weighted by Crippen LogP contribution is -2.40. The molecule has 7 nitrogen and oxygen atoms in total. The molecule has 1 aliphatic heterocycles. The van der Waals surface area contributed by atoms with Crippen molar-refractivity contribution >= 4 is 22.7 Å². The molecule has 2 heterocycles. The molecule has 1 fully saturated rings. The van der Waals surface area contributed by atoms with Gasteiger partial charge in [0, 0.05) is 11.5 Å². The normalized spacial score (nSPS) is 19.6. The van der Waals surface area contributed by atoms with Gasteiger partial charge in [-0.2, -0.15) is 13.2 Å². The van der Waals surface area contributed by atoms with E-state index in [1.54, 1.807) is 6.07 Å². The van der Waals surface area contributed by atoms with Gasteiger partial charge in [-0.15, -0.1) is 0 Å². The number of hydrogen-bond donors (Lipinski definition) is 1. The van der Waals surface area contributed by atoms with E-state index in [9.17, 15) is 28.1 Å². The third-order valence-electron chi connectivity index (χ3n) is 3.95. The fourth-order valence-corrected chi connectivity index (χ4v) is 2.59. The molecule has 2 aromatic rings. The lowest BCUT2D eigenvalue weighted by Gasteiger charge is -2.21. The van der Waals surface area contributed by atoms with Crippen molar-refractivity contribution in [2.24, 2.45) is 0 Å². The van der Waals surface area contributed by atoms with E-state index in [4.69, 9.17) is 4.42 Å². The van der Waals surface area contributed by atoms with Gasteiger partial charge in [0.2, 0.25) is 0 Å². The Balaban J connectivity index is 1.87. The molecule has 24 heavy (non-hydrogen) atoms. The van der Waals surface area contributed by atoms with Gasteiger partial charge in [0.15, 0.2) is 0 Å². The predicted molar refractivity (Wildman–Crippen MR) is 76.4 cm³/mol. The molecule has 0 spiro atoms. The summed E-state index contributed by atoms with van der Waals surface area (Å²) in [6.45, 7) is 1.01. The molecule has 0 saturated carbocycles. The molecule has 1 saturated heterocycles. The summed E-state index contributed by atoms with van der Waals surface area (Å²) in [5.41, 5.74) is 0.0742. The maximum atomic E-state index is 12.7. The first-order valence-electron chi connectivity index (χ1n) is 6.98. The van der Waals surface area contributed by atoms with Gasteiger partial charge in [-0.25, -0.2) is 4.79 Å². The minimum atomic E-state index is -4.53. The number of benzene rings is 1. The minimum Gasteiger partial charge on any atom is -0.459 e. The monoisotopic (exact) mass is 343 g/mol. The van der Waals surface area contributed by atoms with Crippen molar-refractivity contribution in [3.05, 3.63) is 40.1 Å². The van der Waals surface area contributed by atoms with Crippen LogP contribution in [0.15, 0.2) is 28.7 Å². The summed E-state index contributed by atoms with van der Waals surface area (Å²) < 4.78 is 43.7. The van der Waals surface area contributed by atoms with Gasteiger partial charge in [-0.05, 0) is 19.1 Å². The molecule has 10 heteroatoms. The van der Waals surface area contributed by atoms with E-state index in [1.807, 2.05) is 5.32 Å². The molecule has 3 rings (SSSR count). The largest absolute Gasteiger partial charge is 0.459 e. The Kier molecular flexibility index (Phi) is 3.61. The number of furan rings is 1. The number of halogens is 3. The van der Waals surface area contributed by atoms with Crippen molar-refractivity contribution in [3.8, 4) is 0 Å². The lowest BCUT2D eigenvalue weighted by molar-refractivity contribution is -0.384. The van der Waals surface area contributed by atoms with Crippen molar-refractivity contribution in [2.45, 2.75) is 25.2 Å². The number of nitrogens with zero attached hydrogens (tertiary/aromatic N) is 2. The van der Waals surface area contributed by atoms with E-state index in [-0.39, 0.29) is 17.0 Å². The smallest absolute Gasteiger partial charge is 0.410 e. The molecule has 0 bridgehead atoms. The van der Waals surface area contributed by atoms with E-state index in [2.05, 4.69) is 0 Å². The quantitative estimate of drug-likeness (QED) is 0.684. The summed E-state index contributed by atoms with van der Waals surface area (Å²) in [7, 11) is 0. The van der Waals surface area contributed by atoms with Crippen LogP contribution in [0.5, 0.6) is 0 Å². The van der Waals surface area contributed by atoms with Crippen LogP contribution >= 0.6 is 0 Å². The van der Waals surface area contributed by atoms with E-state index in [0.29, 0.717) is 5.39 Å². The van der Waals surface area contributed by atoms with E-state index in [1.165, 1.54) is 25.1 Å². The summed E-state index contributed by atoms with van der Waals surface area (Å²) >= 11 is 0. The number of urea groups is 1. The Hall–Kier alpha value is -2.78. The maximum Gasteiger partial charge on any atom is 0.410 e. The van der Waals surface area contributed by atoms with Crippen LogP contribution in [0.1, 0.15) is 18.7 Å². The Labute approximate surface area is 133 Å². The number of nitro groups is 1. The number of carbonyl (C=O) groups is 1. The van der Waals surface area contributed by atoms with Crippen LogP contribution in [-0.2, 0) is 0 Å². The second-order valence-corrected chi connectivity index (χ2v) is 5.50. The summed E-state index contributed by atoms with van der Waals surface area (Å²) in [5.74, 6) is 0.253. The third-order valence-corrected chi connectivity index (χ3v) is 3.95. The SMILES string of the molecule is CC(c1cc2ccc([N+](=O)[O-])cc2o1)N1C[C@@H](C(F)(F)F)NC1=O. The molecular weight excluding hydrogens is 331 g/mol.